The molecule has 0 aromatic carbocycles. The Hall–Kier alpha value is -1.60. The lowest BCUT2D eigenvalue weighted by atomic mass is 10.1. The molecular formula is C15H14ClF3N2OS. The van der Waals surface area contributed by atoms with Gasteiger partial charge in [0, 0.05) is 11.4 Å². The van der Waals surface area contributed by atoms with Gasteiger partial charge in [0.2, 0.25) is 0 Å². The summed E-state index contributed by atoms with van der Waals surface area (Å²) in [5.74, 6) is -0.351. The predicted molar refractivity (Wildman–Crippen MR) is 83.7 cm³/mol. The number of halogens is 4. The van der Waals surface area contributed by atoms with E-state index in [1.165, 1.54) is 24.3 Å². The third kappa shape index (κ3) is 4.23. The van der Waals surface area contributed by atoms with Crippen molar-refractivity contribution in [2.75, 3.05) is 6.54 Å². The van der Waals surface area contributed by atoms with Gasteiger partial charge in [-0.05, 0) is 38.1 Å². The van der Waals surface area contributed by atoms with Gasteiger partial charge < -0.3 is 4.90 Å². The van der Waals surface area contributed by atoms with Gasteiger partial charge in [0.15, 0.2) is 0 Å². The number of aromatic nitrogens is 1. The van der Waals surface area contributed by atoms with Crippen LogP contribution in [0.3, 0.4) is 0 Å². The SMILES string of the molecule is CCN(Cc1ccc(Cl)s1)C(=O)c1ccc(C(F)(F)F)nc1C. The maximum atomic E-state index is 12.6. The highest BCUT2D eigenvalue weighted by atomic mass is 35.5. The molecule has 0 radical (unpaired) electrons. The van der Waals surface area contributed by atoms with Gasteiger partial charge in [-0.2, -0.15) is 13.2 Å². The minimum Gasteiger partial charge on any atom is -0.334 e. The molecule has 0 aliphatic carbocycles. The molecule has 0 atom stereocenters. The van der Waals surface area contributed by atoms with E-state index < -0.39 is 11.9 Å². The second-order valence-corrected chi connectivity index (χ2v) is 6.65. The number of pyridine rings is 1. The summed E-state index contributed by atoms with van der Waals surface area (Å²) in [6.07, 6.45) is -4.52. The topological polar surface area (TPSA) is 33.2 Å². The Labute approximate surface area is 140 Å². The Morgan fingerprint density at radius 3 is 2.48 bits per heavy atom. The van der Waals surface area contributed by atoms with Gasteiger partial charge in [-0.1, -0.05) is 11.6 Å². The van der Waals surface area contributed by atoms with E-state index in [1.807, 2.05) is 6.07 Å². The van der Waals surface area contributed by atoms with Crippen LogP contribution in [-0.4, -0.2) is 22.3 Å². The fraction of sp³-hybridized carbons (Fsp3) is 0.333. The van der Waals surface area contributed by atoms with Crippen molar-refractivity contribution in [1.82, 2.24) is 9.88 Å². The minimum absolute atomic E-state index is 0.0625. The van der Waals surface area contributed by atoms with Gasteiger partial charge in [-0.15, -0.1) is 11.3 Å². The average molecular weight is 363 g/mol. The second kappa shape index (κ2) is 6.88. The second-order valence-electron chi connectivity index (χ2n) is 4.85. The Balaban J connectivity index is 2.23. The van der Waals surface area contributed by atoms with Crippen molar-refractivity contribution in [1.29, 1.82) is 0 Å². The van der Waals surface area contributed by atoms with Crippen molar-refractivity contribution < 1.29 is 18.0 Å². The quantitative estimate of drug-likeness (QED) is 0.783. The van der Waals surface area contributed by atoms with Crippen molar-refractivity contribution in [3.05, 3.63) is 50.4 Å². The molecule has 1 amide bonds. The molecule has 2 aromatic rings. The molecule has 23 heavy (non-hydrogen) atoms. The molecule has 8 heteroatoms. The van der Waals surface area contributed by atoms with E-state index >= 15 is 0 Å². The highest BCUT2D eigenvalue weighted by Gasteiger charge is 2.33. The number of thiophene rings is 1. The van der Waals surface area contributed by atoms with E-state index in [-0.39, 0.29) is 17.2 Å². The third-order valence-electron chi connectivity index (χ3n) is 3.25. The van der Waals surface area contributed by atoms with Gasteiger partial charge in [0.05, 0.1) is 22.1 Å². The van der Waals surface area contributed by atoms with Crippen molar-refractivity contribution >= 4 is 28.8 Å². The van der Waals surface area contributed by atoms with Crippen LogP contribution in [0.5, 0.6) is 0 Å². The Bertz CT molecular complexity index is 715. The molecule has 0 saturated carbocycles. The van der Waals surface area contributed by atoms with Crippen LogP contribution in [0.15, 0.2) is 24.3 Å². The first-order valence-electron chi connectivity index (χ1n) is 6.80. The Morgan fingerprint density at radius 1 is 1.30 bits per heavy atom. The largest absolute Gasteiger partial charge is 0.433 e. The summed E-state index contributed by atoms with van der Waals surface area (Å²) >= 11 is 7.23. The molecule has 0 saturated heterocycles. The normalized spacial score (nSPS) is 11.6. The number of aryl methyl sites for hydroxylation is 1. The molecule has 3 nitrogen and oxygen atoms in total. The zero-order chi connectivity index (χ0) is 17.2. The molecular weight excluding hydrogens is 349 g/mol. The van der Waals surface area contributed by atoms with Crippen LogP contribution in [0, 0.1) is 6.92 Å². The standard InChI is InChI=1S/C15H14ClF3N2OS/c1-3-21(8-10-4-7-13(16)23-10)14(22)11-5-6-12(15(17,18)19)20-9(11)2/h4-7H,3,8H2,1-2H3. The number of nitrogens with zero attached hydrogens (tertiary/aromatic N) is 2. The molecule has 124 valence electrons. The fourth-order valence-electron chi connectivity index (χ4n) is 2.07. The van der Waals surface area contributed by atoms with Crippen molar-refractivity contribution in [2.45, 2.75) is 26.6 Å². The smallest absolute Gasteiger partial charge is 0.334 e. The monoisotopic (exact) mass is 362 g/mol. The van der Waals surface area contributed by atoms with Gasteiger partial charge in [-0.3, -0.25) is 4.79 Å². The van der Waals surface area contributed by atoms with Gasteiger partial charge in [-0.25, -0.2) is 4.98 Å². The summed E-state index contributed by atoms with van der Waals surface area (Å²) in [5.41, 5.74) is -0.769. The van der Waals surface area contributed by atoms with Crippen molar-refractivity contribution in [2.24, 2.45) is 0 Å². The van der Waals surface area contributed by atoms with E-state index in [4.69, 9.17) is 11.6 Å². The van der Waals surface area contributed by atoms with Crippen LogP contribution in [0.25, 0.3) is 0 Å². The molecule has 2 aromatic heterocycles. The molecule has 2 rings (SSSR count). The first-order chi connectivity index (χ1) is 10.7. The van der Waals surface area contributed by atoms with E-state index in [9.17, 15) is 18.0 Å². The Kier molecular flexibility index (Phi) is 5.31. The molecule has 0 aliphatic rings. The summed E-state index contributed by atoms with van der Waals surface area (Å²) in [6.45, 7) is 3.99. The lowest BCUT2D eigenvalue weighted by Gasteiger charge is -2.21. The summed E-state index contributed by atoms with van der Waals surface area (Å²) in [4.78, 5) is 18.5. The van der Waals surface area contributed by atoms with Crippen LogP contribution in [-0.2, 0) is 12.7 Å². The van der Waals surface area contributed by atoms with Crippen molar-refractivity contribution in [3.63, 3.8) is 0 Å². The highest BCUT2D eigenvalue weighted by molar-refractivity contribution is 7.16. The van der Waals surface area contributed by atoms with E-state index in [1.54, 1.807) is 17.9 Å². The minimum atomic E-state index is -4.52. The van der Waals surface area contributed by atoms with Crippen molar-refractivity contribution in [3.8, 4) is 0 Å². The van der Waals surface area contributed by atoms with Gasteiger partial charge >= 0.3 is 6.18 Å². The molecule has 0 unspecified atom stereocenters. The third-order valence-corrected chi connectivity index (χ3v) is 4.47. The molecule has 0 spiro atoms. The van der Waals surface area contributed by atoms with Gasteiger partial charge in [0.25, 0.3) is 5.91 Å². The van der Waals surface area contributed by atoms with E-state index in [2.05, 4.69) is 4.98 Å². The van der Waals surface area contributed by atoms with Crippen LogP contribution < -0.4 is 0 Å². The summed E-state index contributed by atoms with van der Waals surface area (Å²) < 4.78 is 38.6. The molecule has 2 heterocycles. The molecule has 0 aliphatic heterocycles. The average Bonchev–Trinajstić information content (AvgIpc) is 2.88. The summed E-state index contributed by atoms with van der Waals surface area (Å²) in [5, 5.41) is 0. The first kappa shape index (κ1) is 17.7. The zero-order valence-corrected chi connectivity index (χ0v) is 14.0. The summed E-state index contributed by atoms with van der Waals surface area (Å²) in [7, 11) is 0. The number of carbonyl (C=O) groups excluding carboxylic acids is 1. The number of carbonyl (C=O) groups is 1. The lowest BCUT2D eigenvalue weighted by Crippen LogP contribution is -2.31. The van der Waals surface area contributed by atoms with E-state index in [0.717, 1.165) is 10.9 Å². The first-order valence-corrected chi connectivity index (χ1v) is 8.00. The number of hydrogen-bond donors (Lipinski definition) is 0. The lowest BCUT2D eigenvalue weighted by molar-refractivity contribution is -0.141. The van der Waals surface area contributed by atoms with Crippen LogP contribution in [0.4, 0.5) is 13.2 Å². The van der Waals surface area contributed by atoms with Crippen LogP contribution in [0.2, 0.25) is 4.34 Å². The Morgan fingerprint density at radius 2 is 2.00 bits per heavy atom. The molecule has 0 bridgehead atoms. The highest BCUT2D eigenvalue weighted by Crippen LogP contribution is 2.28. The maximum Gasteiger partial charge on any atom is 0.433 e. The maximum absolute atomic E-state index is 12.6. The van der Waals surface area contributed by atoms with E-state index in [0.29, 0.717) is 17.4 Å². The number of amides is 1. The zero-order valence-electron chi connectivity index (χ0n) is 12.4. The number of hydrogen-bond acceptors (Lipinski definition) is 3. The molecule has 0 N–H and O–H groups in total. The number of rotatable bonds is 4. The summed E-state index contributed by atoms with van der Waals surface area (Å²) in [6, 6.07) is 5.57. The van der Waals surface area contributed by atoms with Crippen LogP contribution >= 0.6 is 22.9 Å². The predicted octanol–water partition coefficient (Wildman–Crippen LogP) is 4.79. The van der Waals surface area contributed by atoms with Gasteiger partial charge in [0.1, 0.15) is 5.69 Å². The fourth-order valence-corrected chi connectivity index (χ4v) is 3.17. The number of alkyl halides is 3. The molecule has 0 fully saturated rings. The van der Waals surface area contributed by atoms with Crippen LogP contribution in [0.1, 0.15) is 33.5 Å².